The van der Waals surface area contributed by atoms with Gasteiger partial charge in [-0.3, -0.25) is 4.90 Å². The smallest absolute Gasteiger partial charge is 0.0630 e. The van der Waals surface area contributed by atoms with Crippen LogP contribution in [0.25, 0.3) is 0 Å². The Morgan fingerprint density at radius 3 is 2.80 bits per heavy atom. The van der Waals surface area contributed by atoms with Crippen LogP contribution in [0.3, 0.4) is 0 Å². The third-order valence-corrected chi connectivity index (χ3v) is 3.44. The first-order valence-corrected chi connectivity index (χ1v) is 7.08. The van der Waals surface area contributed by atoms with E-state index in [2.05, 4.69) is 23.5 Å². The molecule has 4 heteroatoms. The molecule has 1 aliphatic rings. The fourth-order valence-electron chi connectivity index (χ4n) is 1.54. The largest absolute Gasteiger partial charge is 0.383 e. The van der Waals surface area contributed by atoms with Crippen molar-refractivity contribution in [2.45, 2.75) is 24.9 Å². The molecule has 1 rings (SSSR count). The molecule has 90 valence electrons. The quantitative estimate of drug-likeness (QED) is 0.642. The number of rotatable bonds is 9. The lowest BCUT2D eigenvalue weighted by molar-refractivity contribution is 0.109. The highest BCUT2D eigenvalue weighted by Gasteiger charge is 2.23. The Kier molecular flexibility index (Phi) is 6.64. The Balaban J connectivity index is 2.19. The Morgan fingerprint density at radius 1 is 1.53 bits per heavy atom. The van der Waals surface area contributed by atoms with Crippen molar-refractivity contribution in [3.05, 3.63) is 0 Å². The van der Waals surface area contributed by atoms with Crippen molar-refractivity contribution in [2.24, 2.45) is 0 Å². The molecule has 0 spiro atoms. The summed E-state index contributed by atoms with van der Waals surface area (Å²) in [6.07, 6.45) is 4.87. The Hall–Kier alpha value is 0.230. The minimum absolute atomic E-state index is 0.516. The predicted octanol–water partition coefficient (Wildman–Crippen LogP) is 1.05. The van der Waals surface area contributed by atoms with Crippen molar-refractivity contribution in [1.82, 2.24) is 10.2 Å². The molecule has 0 aromatic carbocycles. The lowest BCUT2D eigenvalue weighted by Gasteiger charge is -2.27. The Morgan fingerprint density at radius 2 is 2.27 bits per heavy atom. The van der Waals surface area contributed by atoms with Crippen LogP contribution in [0.4, 0.5) is 0 Å². The van der Waals surface area contributed by atoms with Gasteiger partial charge >= 0.3 is 0 Å². The van der Waals surface area contributed by atoms with Crippen molar-refractivity contribution in [3.63, 3.8) is 0 Å². The first kappa shape index (κ1) is 13.3. The van der Waals surface area contributed by atoms with Gasteiger partial charge in [0.2, 0.25) is 0 Å². The second-order valence-electron chi connectivity index (χ2n) is 4.27. The number of nitrogens with one attached hydrogen (secondary N) is 1. The molecule has 1 N–H and O–H groups in total. The molecule has 0 bridgehead atoms. The van der Waals surface area contributed by atoms with E-state index >= 15 is 0 Å². The monoisotopic (exact) mass is 232 g/mol. The highest BCUT2D eigenvalue weighted by atomic mass is 32.2. The molecule has 0 aromatic heterocycles. The van der Waals surface area contributed by atoms with Crippen molar-refractivity contribution in [3.8, 4) is 0 Å². The summed E-state index contributed by atoms with van der Waals surface area (Å²) in [6.45, 7) is 3.02. The van der Waals surface area contributed by atoms with E-state index in [1.807, 2.05) is 11.8 Å². The minimum atomic E-state index is 0.516. The number of thioether (sulfide) groups is 1. The molecule has 3 nitrogen and oxygen atoms in total. The topological polar surface area (TPSA) is 24.5 Å². The van der Waals surface area contributed by atoms with E-state index in [-0.39, 0.29) is 0 Å². The summed E-state index contributed by atoms with van der Waals surface area (Å²) >= 11 is 1.90. The average molecular weight is 232 g/mol. The van der Waals surface area contributed by atoms with Gasteiger partial charge in [0, 0.05) is 38.0 Å². The summed E-state index contributed by atoms with van der Waals surface area (Å²) in [5.41, 5.74) is 0. The van der Waals surface area contributed by atoms with Crippen LogP contribution in [0.2, 0.25) is 0 Å². The second kappa shape index (κ2) is 7.49. The third-order valence-electron chi connectivity index (χ3n) is 2.85. The number of methoxy groups -OCH3 is 1. The van der Waals surface area contributed by atoms with E-state index < -0.39 is 0 Å². The summed E-state index contributed by atoms with van der Waals surface area (Å²) in [4.78, 5) is 2.40. The van der Waals surface area contributed by atoms with Gasteiger partial charge in [-0.15, -0.1) is 0 Å². The van der Waals surface area contributed by atoms with E-state index in [1.54, 1.807) is 7.11 Å². The van der Waals surface area contributed by atoms with Crippen LogP contribution in [0.1, 0.15) is 12.8 Å². The van der Waals surface area contributed by atoms with Crippen molar-refractivity contribution >= 4 is 11.8 Å². The van der Waals surface area contributed by atoms with E-state index in [9.17, 15) is 0 Å². The maximum Gasteiger partial charge on any atom is 0.0630 e. The lowest BCUT2D eigenvalue weighted by Crippen LogP contribution is -2.44. The molecule has 1 aliphatic carbocycles. The number of ether oxygens (including phenoxy) is 1. The molecule has 0 saturated heterocycles. The summed E-state index contributed by atoms with van der Waals surface area (Å²) in [7, 11) is 3.97. The molecule has 0 aromatic rings. The fraction of sp³-hybridized carbons (Fsp3) is 1.00. The Bertz CT molecular complexity index is 165. The van der Waals surface area contributed by atoms with E-state index in [0.717, 1.165) is 25.7 Å². The maximum absolute atomic E-state index is 5.27. The highest BCUT2D eigenvalue weighted by Crippen LogP contribution is 2.18. The first-order valence-electron chi connectivity index (χ1n) is 5.69. The minimum Gasteiger partial charge on any atom is -0.383 e. The molecular weight excluding hydrogens is 208 g/mol. The van der Waals surface area contributed by atoms with E-state index in [4.69, 9.17) is 4.74 Å². The van der Waals surface area contributed by atoms with Gasteiger partial charge < -0.3 is 10.1 Å². The first-order chi connectivity index (χ1) is 7.27. The van der Waals surface area contributed by atoms with Gasteiger partial charge in [-0.1, -0.05) is 0 Å². The fourth-order valence-corrected chi connectivity index (χ4v) is 2.01. The van der Waals surface area contributed by atoms with E-state index in [0.29, 0.717) is 6.04 Å². The summed E-state index contributed by atoms with van der Waals surface area (Å²) in [6, 6.07) is 1.31. The van der Waals surface area contributed by atoms with Gasteiger partial charge in [-0.2, -0.15) is 11.8 Å². The zero-order chi connectivity index (χ0) is 11.1. The van der Waals surface area contributed by atoms with Crippen LogP contribution >= 0.6 is 11.8 Å². The van der Waals surface area contributed by atoms with Crippen LogP contribution in [-0.2, 0) is 4.74 Å². The third kappa shape index (κ3) is 5.76. The van der Waals surface area contributed by atoms with Gasteiger partial charge in [-0.25, -0.2) is 0 Å². The molecule has 0 amide bonds. The number of likely N-dealkylation sites (N-methyl/N-ethyl adjacent to an activating group) is 1. The van der Waals surface area contributed by atoms with Gasteiger partial charge in [-0.05, 0) is 26.1 Å². The lowest BCUT2D eigenvalue weighted by atomic mass is 10.2. The molecule has 1 saturated carbocycles. The molecule has 1 unspecified atom stereocenters. The van der Waals surface area contributed by atoms with Crippen LogP contribution in [0, 0.1) is 0 Å². The molecule has 0 radical (unpaired) electrons. The van der Waals surface area contributed by atoms with Crippen LogP contribution in [-0.4, -0.2) is 62.8 Å². The van der Waals surface area contributed by atoms with Crippen molar-refractivity contribution in [2.75, 3.05) is 45.9 Å². The SMILES string of the molecule is COCC(CNC1CC1)N(C)CCSC. The zero-order valence-corrected chi connectivity index (χ0v) is 11.0. The van der Waals surface area contributed by atoms with Gasteiger partial charge in [0.25, 0.3) is 0 Å². The van der Waals surface area contributed by atoms with Crippen LogP contribution in [0.15, 0.2) is 0 Å². The maximum atomic E-state index is 5.27. The molecule has 1 fully saturated rings. The number of hydrogen-bond donors (Lipinski definition) is 1. The molecule has 1 atom stereocenters. The highest BCUT2D eigenvalue weighted by molar-refractivity contribution is 7.98. The standard InChI is InChI=1S/C11H24N2OS/c1-13(6-7-15-3)11(9-14-2)8-12-10-4-5-10/h10-12H,4-9H2,1-3H3. The van der Waals surface area contributed by atoms with Crippen LogP contribution in [0.5, 0.6) is 0 Å². The Labute approximate surface area is 97.9 Å². The van der Waals surface area contributed by atoms with E-state index in [1.165, 1.54) is 18.6 Å². The average Bonchev–Trinajstić information content (AvgIpc) is 3.04. The normalized spacial score (nSPS) is 18.4. The molecule has 0 aliphatic heterocycles. The van der Waals surface area contributed by atoms with Crippen molar-refractivity contribution < 1.29 is 4.74 Å². The summed E-state index contributed by atoms with van der Waals surface area (Å²) in [5, 5.41) is 3.57. The number of hydrogen-bond acceptors (Lipinski definition) is 4. The summed E-state index contributed by atoms with van der Waals surface area (Å²) < 4.78 is 5.27. The summed E-state index contributed by atoms with van der Waals surface area (Å²) in [5.74, 6) is 1.19. The predicted molar refractivity (Wildman–Crippen MR) is 67.7 cm³/mol. The van der Waals surface area contributed by atoms with Crippen molar-refractivity contribution in [1.29, 1.82) is 0 Å². The molecule has 0 heterocycles. The molecular formula is C11H24N2OS. The number of nitrogens with zero attached hydrogens (tertiary/aromatic N) is 1. The second-order valence-corrected chi connectivity index (χ2v) is 5.25. The van der Waals surface area contributed by atoms with Gasteiger partial charge in [0.05, 0.1) is 6.61 Å². The molecule has 15 heavy (non-hydrogen) atoms. The van der Waals surface area contributed by atoms with Gasteiger partial charge in [0.15, 0.2) is 0 Å². The zero-order valence-electron chi connectivity index (χ0n) is 10.2. The van der Waals surface area contributed by atoms with Crippen LogP contribution < -0.4 is 5.32 Å². The van der Waals surface area contributed by atoms with Gasteiger partial charge in [0.1, 0.15) is 0 Å².